The molecule has 3 N–H and O–H groups in total. The third-order valence-corrected chi connectivity index (χ3v) is 7.82. The van der Waals surface area contributed by atoms with E-state index in [9.17, 15) is 27.9 Å². The number of imidazole rings is 1. The molecule has 0 aliphatic rings. The Bertz CT molecular complexity index is 2070. The maximum atomic E-state index is 14.0. The van der Waals surface area contributed by atoms with Gasteiger partial charge in [-0.3, -0.25) is 9.78 Å². The number of aromatic amines is 1. The maximum absolute atomic E-state index is 14.0. The van der Waals surface area contributed by atoms with Crippen molar-refractivity contribution in [3.05, 3.63) is 149 Å². The van der Waals surface area contributed by atoms with Crippen molar-refractivity contribution in [2.24, 2.45) is 0 Å². The van der Waals surface area contributed by atoms with Crippen LogP contribution in [0, 0.1) is 0 Å². The molecule has 1 unspecified atom stereocenters. The predicted octanol–water partition coefficient (Wildman–Crippen LogP) is 7.24. The Morgan fingerprint density at radius 2 is 1.67 bits per heavy atom. The molecule has 1 atom stereocenters. The smallest absolute Gasteiger partial charge is 0.418 e. The summed E-state index contributed by atoms with van der Waals surface area (Å²) >= 11 is 0. The van der Waals surface area contributed by atoms with Crippen molar-refractivity contribution in [2.45, 2.75) is 31.7 Å². The van der Waals surface area contributed by atoms with Crippen LogP contribution in [0.5, 0.6) is 5.75 Å². The average molecular weight is 651 g/mol. The van der Waals surface area contributed by atoms with Gasteiger partial charge in [-0.25, -0.2) is 9.78 Å². The number of amides is 1. The minimum atomic E-state index is -4.57. The number of rotatable bonds is 11. The Morgan fingerprint density at radius 1 is 0.896 bits per heavy atom. The SMILES string of the molecule is O=C(NC(Cc1cnc[nH]1)C(=O)O)c1cccc(COc2cccc(-c3c(Cc4ccccc4)cnc4c(C(F)(F)F)cccc34)c2)c1. The number of para-hydroxylation sites is 1. The number of nitrogens with zero attached hydrogens (tertiary/aromatic N) is 2. The molecule has 0 radical (unpaired) electrons. The predicted molar refractivity (Wildman–Crippen MR) is 173 cm³/mol. The molecular formula is C37H29F3N4O4. The van der Waals surface area contributed by atoms with Gasteiger partial charge in [-0.2, -0.15) is 13.2 Å². The number of pyridine rings is 1. The molecule has 48 heavy (non-hydrogen) atoms. The number of carbonyl (C=O) groups is 2. The van der Waals surface area contributed by atoms with Crippen molar-refractivity contribution in [1.29, 1.82) is 0 Å². The van der Waals surface area contributed by atoms with E-state index in [1.54, 1.807) is 48.5 Å². The van der Waals surface area contributed by atoms with Crippen LogP contribution in [0.2, 0.25) is 0 Å². The lowest BCUT2D eigenvalue weighted by Crippen LogP contribution is -2.42. The molecule has 2 heterocycles. The van der Waals surface area contributed by atoms with Gasteiger partial charge in [-0.05, 0) is 64.6 Å². The van der Waals surface area contributed by atoms with Crippen LogP contribution in [0.3, 0.4) is 0 Å². The number of fused-ring (bicyclic) bond motifs is 1. The molecule has 0 aliphatic carbocycles. The lowest BCUT2D eigenvalue weighted by molar-refractivity contribution is -0.139. The topological polar surface area (TPSA) is 117 Å². The van der Waals surface area contributed by atoms with Crippen molar-refractivity contribution in [3.8, 4) is 16.9 Å². The Hall–Kier alpha value is -5.97. The van der Waals surface area contributed by atoms with E-state index in [4.69, 9.17) is 4.74 Å². The van der Waals surface area contributed by atoms with Crippen LogP contribution in [0.4, 0.5) is 13.2 Å². The van der Waals surface area contributed by atoms with E-state index in [2.05, 4.69) is 20.3 Å². The molecule has 242 valence electrons. The van der Waals surface area contributed by atoms with Gasteiger partial charge in [0, 0.05) is 35.5 Å². The van der Waals surface area contributed by atoms with Crippen LogP contribution in [0.25, 0.3) is 22.0 Å². The second-order valence-electron chi connectivity index (χ2n) is 11.2. The fourth-order valence-corrected chi connectivity index (χ4v) is 5.55. The Morgan fingerprint density at radius 3 is 2.42 bits per heavy atom. The van der Waals surface area contributed by atoms with Gasteiger partial charge in [-0.15, -0.1) is 0 Å². The molecule has 4 aromatic carbocycles. The summed E-state index contributed by atoms with van der Waals surface area (Å²) in [5.74, 6) is -1.27. The van der Waals surface area contributed by atoms with Gasteiger partial charge in [0.05, 0.1) is 17.4 Å². The molecule has 2 aromatic heterocycles. The Kier molecular flexibility index (Phi) is 9.20. The van der Waals surface area contributed by atoms with Crippen LogP contribution in [0.15, 0.2) is 116 Å². The first-order valence-electron chi connectivity index (χ1n) is 15.0. The van der Waals surface area contributed by atoms with E-state index in [-0.39, 0.29) is 24.1 Å². The highest BCUT2D eigenvalue weighted by Crippen LogP contribution is 2.39. The largest absolute Gasteiger partial charge is 0.489 e. The lowest BCUT2D eigenvalue weighted by atomic mass is 9.92. The zero-order valence-corrected chi connectivity index (χ0v) is 25.4. The fraction of sp³-hybridized carbons (Fsp3) is 0.135. The van der Waals surface area contributed by atoms with Gasteiger partial charge in [0.25, 0.3) is 5.91 Å². The number of benzene rings is 4. The lowest BCUT2D eigenvalue weighted by Gasteiger charge is -2.17. The number of H-pyrrole nitrogens is 1. The highest BCUT2D eigenvalue weighted by Gasteiger charge is 2.33. The van der Waals surface area contributed by atoms with Crippen LogP contribution >= 0.6 is 0 Å². The third-order valence-electron chi connectivity index (χ3n) is 7.82. The molecule has 0 bridgehead atoms. The van der Waals surface area contributed by atoms with Crippen LogP contribution in [0.1, 0.15) is 38.3 Å². The normalized spacial score (nSPS) is 12.1. The summed E-state index contributed by atoms with van der Waals surface area (Å²) in [6.45, 7) is 0.0767. The van der Waals surface area contributed by atoms with Crippen molar-refractivity contribution >= 4 is 22.8 Å². The molecule has 6 aromatic rings. The van der Waals surface area contributed by atoms with E-state index in [0.29, 0.717) is 39.9 Å². The van der Waals surface area contributed by atoms with Crippen LogP contribution in [-0.4, -0.2) is 38.0 Å². The molecule has 0 aliphatic heterocycles. The highest BCUT2D eigenvalue weighted by molar-refractivity contribution is 5.98. The van der Waals surface area contributed by atoms with E-state index >= 15 is 0 Å². The summed E-state index contributed by atoms with van der Waals surface area (Å²) < 4.78 is 48.0. The maximum Gasteiger partial charge on any atom is 0.418 e. The molecular weight excluding hydrogens is 621 g/mol. The number of halogens is 3. The summed E-state index contributed by atoms with van der Waals surface area (Å²) in [6.07, 6.45) is 0.360. The van der Waals surface area contributed by atoms with Crippen LogP contribution < -0.4 is 10.1 Å². The molecule has 8 nitrogen and oxygen atoms in total. The van der Waals surface area contributed by atoms with E-state index in [1.165, 1.54) is 24.8 Å². The number of aliphatic carboxylic acids is 1. The summed E-state index contributed by atoms with van der Waals surface area (Å²) in [5.41, 5.74) is 3.58. The molecule has 0 fully saturated rings. The number of hydrogen-bond acceptors (Lipinski definition) is 5. The van der Waals surface area contributed by atoms with Crippen molar-refractivity contribution in [2.75, 3.05) is 0 Å². The summed E-state index contributed by atoms with van der Waals surface area (Å²) in [6, 6.07) is 26.3. The van der Waals surface area contributed by atoms with E-state index < -0.39 is 29.7 Å². The second kappa shape index (κ2) is 13.8. The van der Waals surface area contributed by atoms with E-state index in [0.717, 1.165) is 17.2 Å². The van der Waals surface area contributed by atoms with Gasteiger partial charge in [0.1, 0.15) is 18.4 Å². The summed E-state index contributed by atoms with van der Waals surface area (Å²) in [5, 5.41) is 12.5. The fourth-order valence-electron chi connectivity index (χ4n) is 5.55. The van der Waals surface area contributed by atoms with Gasteiger partial charge in [-0.1, -0.05) is 66.7 Å². The number of carboxylic acids is 1. The Labute approximate surface area is 273 Å². The molecule has 6 rings (SSSR count). The van der Waals surface area contributed by atoms with Gasteiger partial charge in [0.15, 0.2) is 0 Å². The first-order valence-corrected chi connectivity index (χ1v) is 15.0. The van der Waals surface area contributed by atoms with Crippen LogP contribution in [-0.2, 0) is 30.4 Å². The third kappa shape index (κ3) is 7.36. The number of carbonyl (C=O) groups excluding carboxylic acids is 1. The van der Waals surface area contributed by atoms with Crippen molar-refractivity contribution in [1.82, 2.24) is 20.3 Å². The number of ether oxygens (including phenoxy) is 1. The standard InChI is InChI=1S/C37H29F3N4O4/c38-37(39,40)31-14-6-13-30-33(27(19-42-34(30)31)15-23-7-2-1-3-8-23)25-10-5-12-29(17-25)48-21-24-9-4-11-26(16-24)35(45)44-32(36(46)47)18-28-20-41-22-43-28/h1-14,16-17,19-20,22,32H,15,18,21H2,(H,41,43)(H,44,45)(H,46,47). The van der Waals surface area contributed by atoms with E-state index in [1.807, 2.05) is 36.4 Å². The first kappa shape index (κ1) is 32.0. The van der Waals surface area contributed by atoms with Gasteiger partial charge in [0.2, 0.25) is 0 Å². The average Bonchev–Trinajstić information content (AvgIpc) is 3.60. The number of hydrogen-bond donors (Lipinski definition) is 3. The van der Waals surface area contributed by atoms with Crippen molar-refractivity contribution < 1.29 is 32.6 Å². The minimum absolute atomic E-state index is 0.0392. The summed E-state index contributed by atoms with van der Waals surface area (Å²) in [7, 11) is 0. The minimum Gasteiger partial charge on any atom is -0.489 e. The zero-order valence-electron chi connectivity index (χ0n) is 25.4. The number of nitrogens with one attached hydrogen (secondary N) is 2. The molecule has 11 heteroatoms. The van der Waals surface area contributed by atoms with Crippen molar-refractivity contribution in [3.63, 3.8) is 0 Å². The quantitative estimate of drug-likeness (QED) is 0.136. The number of aromatic nitrogens is 3. The zero-order chi connectivity index (χ0) is 33.7. The highest BCUT2D eigenvalue weighted by atomic mass is 19.4. The molecule has 0 spiro atoms. The summed E-state index contributed by atoms with van der Waals surface area (Å²) in [4.78, 5) is 35.7. The first-order chi connectivity index (χ1) is 23.2. The number of carboxylic acid groups (broad SMARTS) is 1. The number of alkyl halides is 3. The molecule has 1 amide bonds. The molecule has 0 saturated heterocycles. The second-order valence-corrected chi connectivity index (χ2v) is 11.2. The Balaban J connectivity index is 1.26. The van der Waals surface area contributed by atoms with Gasteiger partial charge < -0.3 is 20.1 Å². The monoisotopic (exact) mass is 650 g/mol. The molecule has 0 saturated carbocycles. The van der Waals surface area contributed by atoms with Gasteiger partial charge >= 0.3 is 12.1 Å².